The maximum atomic E-state index is 5.51. The fourth-order valence-corrected chi connectivity index (χ4v) is 1.42. The van der Waals surface area contributed by atoms with Gasteiger partial charge in [0.25, 0.3) is 0 Å². The van der Waals surface area contributed by atoms with Gasteiger partial charge in [0.15, 0.2) is 0 Å². The van der Waals surface area contributed by atoms with Crippen LogP contribution >= 0.6 is 0 Å². The Morgan fingerprint density at radius 3 is 2.86 bits per heavy atom. The number of ether oxygens (including phenoxy) is 1. The molecule has 0 radical (unpaired) electrons. The molecule has 0 unspecified atom stereocenters. The highest BCUT2D eigenvalue weighted by molar-refractivity contribution is 5.29. The van der Waals surface area contributed by atoms with Crippen LogP contribution in [0.2, 0.25) is 0 Å². The van der Waals surface area contributed by atoms with E-state index < -0.39 is 0 Å². The van der Waals surface area contributed by atoms with Crippen molar-refractivity contribution in [2.24, 2.45) is 0 Å². The standard InChI is InChI=1S/C10H15N3O/c1-13(9-6-14-7-9)5-8-2-3-10(11)12-4-8/h2-4,9H,5-7H2,1H3,(H2,11,12). The molecule has 0 aliphatic carbocycles. The van der Waals surface area contributed by atoms with E-state index in [-0.39, 0.29) is 0 Å². The molecule has 0 bridgehead atoms. The average molecular weight is 193 g/mol. The minimum Gasteiger partial charge on any atom is -0.384 e. The number of nitrogens with zero attached hydrogens (tertiary/aromatic N) is 2. The molecule has 1 aliphatic rings. The molecule has 1 aromatic heterocycles. The fraction of sp³-hybridized carbons (Fsp3) is 0.500. The van der Waals surface area contributed by atoms with Gasteiger partial charge >= 0.3 is 0 Å². The van der Waals surface area contributed by atoms with Crippen molar-refractivity contribution in [3.63, 3.8) is 0 Å². The monoisotopic (exact) mass is 193 g/mol. The van der Waals surface area contributed by atoms with E-state index in [4.69, 9.17) is 10.5 Å². The number of nitrogens with two attached hydrogens (primary N) is 1. The van der Waals surface area contributed by atoms with Gasteiger partial charge in [-0.05, 0) is 18.7 Å². The van der Waals surface area contributed by atoms with Gasteiger partial charge in [0, 0.05) is 12.7 Å². The van der Waals surface area contributed by atoms with E-state index >= 15 is 0 Å². The first-order valence-electron chi connectivity index (χ1n) is 4.74. The summed E-state index contributed by atoms with van der Waals surface area (Å²) in [5.74, 6) is 0.573. The molecule has 0 spiro atoms. The van der Waals surface area contributed by atoms with Gasteiger partial charge in [-0.3, -0.25) is 4.90 Å². The summed E-state index contributed by atoms with van der Waals surface area (Å²) in [7, 11) is 2.10. The second-order valence-corrected chi connectivity index (χ2v) is 3.70. The SMILES string of the molecule is CN(Cc1ccc(N)nc1)C1COC1. The second kappa shape index (κ2) is 3.94. The summed E-state index contributed by atoms with van der Waals surface area (Å²) in [6.07, 6.45) is 1.82. The molecule has 1 aliphatic heterocycles. The van der Waals surface area contributed by atoms with Crippen LogP contribution < -0.4 is 5.73 Å². The van der Waals surface area contributed by atoms with Crippen LogP contribution in [-0.2, 0) is 11.3 Å². The highest BCUT2D eigenvalue weighted by Crippen LogP contribution is 2.12. The molecule has 4 heteroatoms. The molecule has 0 aromatic carbocycles. The van der Waals surface area contributed by atoms with E-state index in [9.17, 15) is 0 Å². The number of likely N-dealkylation sites (N-methyl/N-ethyl adjacent to an activating group) is 1. The lowest BCUT2D eigenvalue weighted by Crippen LogP contribution is -2.46. The summed E-state index contributed by atoms with van der Waals surface area (Å²) in [6, 6.07) is 4.41. The molecule has 1 aromatic rings. The molecule has 76 valence electrons. The number of hydrogen-bond donors (Lipinski definition) is 1. The molecule has 2 heterocycles. The van der Waals surface area contributed by atoms with Gasteiger partial charge in [0.05, 0.1) is 19.3 Å². The summed E-state index contributed by atoms with van der Waals surface area (Å²) < 4.78 is 5.14. The third kappa shape index (κ3) is 2.02. The quantitative estimate of drug-likeness (QED) is 0.759. The summed E-state index contributed by atoms with van der Waals surface area (Å²) in [5, 5.41) is 0. The predicted molar refractivity (Wildman–Crippen MR) is 54.7 cm³/mol. The minimum absolute atomic E-state index is 0.563. The zero-order chi connectivity index (χ0) is 9.97. The summed E-state index contributed by atoms with van der Waals surface area (Å²) >= 11 is 0. The first-order valence-corrected chi connectivity index (χ1v) is 4.74. The molecule has 14 heavy (non-hydrogen) atoms. The van der Waals surface area contributed by atoms with Gasteiger partial charge < -0.3 is 10.5 Å². The van der Waals surface area contributed by atoms with Crippen LogP contribution in [0.3, 0.4) is 0 Å². The smallest absolute Gasteiger partial charge is 0.123 e. The lowest BCUT2D eigenvalue weighted by Gasteiger charge is -2.34. The Hall–Kier alpha value is -1.13. The van der Waals surface area contributed by atoms with E-state index in [0.717, 1.165) is 19.8 Å². The van der Waals surface area contributed by atoms with Crippen molar-refractivity contribution in [3.8, 4) is 0 Å². The van der Waals surface area contributed by atoms with Gasteiger partial charge in [-0.15, -0.1) is 0 Å². The van der Waals surface area contributed by atoms with E-state index in [1.807, 2.05) is 18.3 Å². The second-order valence-electron chi connectivity index (χ2n) is 3.70. The number of rotatable bonds is 3. The summed E-state index contributed by atoms with van der Waals surface area (Å²) in [5.41, 5.74) is 6.70. The molecule has 2 rings (SSSR count). The van der Waals surface area contributed by atoms with Crippen LogP contribution in [0.15, 0.2) is 18.3 Å². The van der Waals surface area contributed by atoms with Crippen LogP contribution in [0.1, 0.15) is 5.56 Å². The summed E-state index contributed by atoms with van der Waals surface area (Å²) in [6.45, 7) is 2.60. The van der Waals surface area contributed by atoms with Crippen molar-refractivity contribution in [1.29, 1.82) is 0 Å². The van der Waals surface area contributed by atoms with Gasteiger partial charge in [0.1, 0.15) is 5.82 Å². The Morgan fingerprint density at radius 2 is 2.36 bits per heavy atom. The van der Waals surface area contributed by atoms with Crippen LogP contribution in [-0.4, -0.2) is 36.2 Å². The molecule has 0 atom stereocenters. The Kier molecular flexibility index (Phi) is 2.65. The van der Waals surface area contributed by atoms with Gasteiger partial charge in [-0.25, -0.2) is 4.98 Å². The van der Waals surface area contributed by atoms with Crippen molar-refractivity contribution >= 4 is 5.82 Å². The van der Waals surface area contributed by atoms with E-state index in [0.29, 0.717) is 11.9 Å². The number of aromatic nitrogens is 1. The van der Waals surface area contributed by atoms with Crippen LogP contribution in [0.25, 0.3) is 0 Å². The van der Waals surface area contributed by atoms with Crippen molar-refractivity contribution in [2.45, 2.75) is 12.6 Å². The van der Waals surface area contributed by atoms with Gasteiger partial charge in [-0.2, -0.15) is 0 Å². The van der Waals surface area contributed by atoms with Crippen LogP contribution in [0, 0.1) is 0 Å². The van der Waals surface area contributed by atoms with Crippen molar-refractivity contribution in [3.05, 3.63) is 23.9 Å². The number of anilines is 1. The van der Waals surface area contributed by atoms with Crippen molar-refractivity contribution in [1.82, 2.24) is 9.88 Å². The topological polar surface area (TPSA) is 51.4 Å². The Balaban J connectivity index is 1.92. The van der Waals surface area contributed by atoms with E-state index in [1.165, 1.54) is 5.56 Å². The molecule has 4 nitrogen and oxygen atoms in total. The molecule has 2 N–H and O–H groups in total. The molecule has 1 saturated heterocycles. The molecule has 1 fully saturated rings. The van der Waals surface area contributed by atoms with E-state index in [1.54, 1.807) is 0 Å². The fourth-order valence-electron chi connectivity index (χ4n) is 1.42. The molecular weight excluding hydrogens is 178 g/mol. The lowest BCUT2D eigenvalue weighted by molar-refractivity contribution is -0.0586. The average Bonchev–Trinajstić information content (AvgIpc) is 2.06. The largest absolute Gasteiger partial charge is 0.384 e. The minimum atomic E-state index is 0.563. The number of pyridine rings is 1. The Morgan fingerprint density at radius 1 is 1.57 bits per heavy atom. The van der Waals surface area contributed by atoms with Crippen molar-refractivity contribution in [2.75, 3.05) is 26.0 Å². The number of nitrogen functional groups attached to an aromatic ring is 1. The maximum Gasteiger partial charge on any atom is 0.123 e. The predicted octanol–water partition coefficient (Wildman–Crippen LogP) is 0.494. The summed E-state index contributed by atoms with van der Waals surface area (Å²) in [4.78, 5) is 6.33. The Labute approximate surface area is 83.7 Å². The highest BCUT2D eigenvalue weighted by atomic mass is 16.5. The lowest BCUT2D eigenvalue weighted by atomic mass is 10.2. The zero-order valence-corrected chi connectivity index (χ0v) is 8.31. The number of hydrogen-bond acceptors (Lipinski definition) is 4. The molecule has 0 amide bonds. The van der Waals surface area contributed by atoms with Crippen LogP contribution in [0.5, 0.6) is 0 Å². The zero-order valence-electron chi connectivity index (χ0n) is 8.31. The molecular formula is C10H15N3O. The van der Waals surface area contributed by atoms with Gasteiger partial charge in [-0.1, -0.05) is 6.07 Å². The molecule has 0 saturated carbocycles. The third-order valence-electron chi connectivity index (χ3n) is 2.52. The van der Waals surface area contributed by atoms with Gasteiger partial charge in [0.2, 0.25) is 0 Å². The van der Waals surface area contributed by atoms with Crippen LogP contribution in [0.4, 0.5) is 5.82 Å². The highest BCUT2D eigenvalue weighted by Gasteiger charge is 2.22. The van der Waals surface area contributed by atoms with Crippen molar-refractivity contribution < 1.29 is 4.74 Å². The Bertz CT molecular complexity index is 295. The first kappa shape index (κ1) is 9.43. The first-order chi connectivity index (χ1) is 6.75. The van der Waals surface area contributed by atoms with E-state index in [2.05, 4.69) is 16.9 Å². The maximum absolute atomic E-state index is 5.51. The normalized spacial score (nSPS) is 17.0. The third-order valence-corrected chi connectivity index (χ3v) is 2.52.